The number of carbonyl (C=O) groups excluding carboxylic acids is 1. The Balaban J connectivity index is 1.74. The minimum atomic E-state index is -0.359. The molecule has 0 aliphatic heterocycles. The zero-order valence-corrected chi connectivity index (χ0v) is 16.8. The van der Waals surface area contributed by atoms with Gasteiger partial charge in [0, 0.05) is 18.3 Å². The molecule has 29 heavy (non-hydrogen) atoms. The maximum absolute atomic E-state index is 12.6. The molecular weight excluding hydrogens is 374 g/mol. The molecule has 0 saturated heterocycles. The van der Waals surface area contributed by atoms with Gasteiger partial charge in [0.15, 0.2) is 5.82 Å². The van der Waals surface area contributed by atoms with Crippen LogP contribution in [0.1, 0.15) is 21.7 Å². The first-order chi connectivity index (χ1) is 13.9. The van der Waals surface area contributed by atoms with E-state index in [9.17, 15) is 9.59 Å². The van der Waals surface area contributed by atoms with Gasteiger partial charge in [0.1, 0.15) is 17.1 Å². The van der Waals surface area contributed by atoms with Gasteiger partial charge in [-0.3, -0.25) is 9.59 Å². The molecule has 2 aromatic heterocycles. The normalized spacial score (nSPS) is 10.6. The summed E-state index contributed by atoms with van der Waals surface area (Å²) in [7, 11) is 2.97. The van der Waals surface area contributed by atoms with E-state index >= 15 is 0 Å². The summed E-state index contributed by atoms with van der Waals surface area (Å²) in [5.41, 5.74) is 1.81. The molecule has 1 N–H and O–H groups in total. The van der Waals surface area contributed by atoms with Gasteiger partial charge in [0.2, 0.25) is 0 Å². The van der Waals surface area contributed by atoms with Gasteiger partial charge in [-0.1, -0.05) is 6.07 Å². The molecule has 0 radical (unpaired) electrons. The van der Waals surface area contributed by atoms with Crippen molar-refractivity contribution in [1.29, 1.82) is 0 Å². The summed E-state index contributed by atoms with van der Waals surface area (Å²) in [5.74, 6) is 0.988. The number of amides is 1. The highest BCUT2D eigenvalue weighted by molar-refractivity contribution is 5.99. The molecule has 0 spiro atoms. The maximum atomic E-state index is 12.6. The van der Waals surface area contributed by atoms with E-state index in [1.807, 2.05) is 19.9 Å². The quantitative estimate of drug-likeness (QED) is 0.648. The lowest BCUT2D eigenvalue weighted by atomic mass is 10.1. The third kappa shape index (κ3) is 4.29. The van der Waals surface area contributed by atoms with Gasteiger partial charge in [0.25, 0.3) is 11.5 Å². The summed E-state index contributed by atoms with van der Waals surface area (Å²) in [6.07, 6.45) is 0. The summed E-state index contributed by atoms with van der Waals surface area (Å²) in [6, 6.07) is 10.1. The lowest BCUT2D eigenvalue weighted by molar-refractivity contribution is 0.0945. The molecule has 9 nitrogen and oxygen atoms in total. The number of carbonyl (C=O) groups is 1. The SMILES string of the molecule is COc1cccc(OC)c1C(=O)NCCn1nc(-n2nc(C)cc2C)ccc1=O. The molecule has 0 fully saturated rings. The monoisotopic (exact) mass is 397 g/mol. The molecule has 0 atom stereocenters. The number of methoxy groups -OCH3 is 2. The number of nitrogens with one attached hydrogen (secondary N) is 1. The molecule has 152 valence electrons. The summed E-state index contributed by atoms with van der Waals surface area (Å²) in [6.45, 7) is 4.21. The van der Waals surface area contributed by atoms with E-state index in [-0.39, 0.29) is 24.6 Å². The third-order valence-corrected chi connectivity index (χ3v) is 4.34. The van der Waals surface area contributed by atoms with Gasteiger partial charge < -0.3 is 14.8 Å². The molecule has 0 aliphatic rings. The summed E-state index contributed by atoms with van der Waals surface area (Å²) in [4.78, 5) is 24.8. The van der Waals surface area contributed by atoms with Gasteiger partial charge in [-0.25, -0.2) is 9.36 Å². The predicted molar refractivity (Wildman–Crippen MR) is 107 cm³/mol. The van der Waals surface area contributed by atoms with Crippen LogP contribution < -0.4 is 20.3 Å². The smallest absolute Gasteiger partial charge is 0.266 e. The molecule has 3 rings (SSSR count). The summed E-state index contributed by atoms with van der Waals surface area (Å²) < 4.78 is 13.5. The van der Waals surface area contributed by atoms with E-state index in [0.717, 1.165) is 11.4 Å². The molecule has 0 unspecified atom stereocenters. The lowest BCUT2D eigenvalue weighted by Crippen LogP contribution is -2.32. The van der Waals surface area contributed by atoms with Crippen LogP contribution in [-0.4, -0.2) is 46.2 Å². The van der Waals surface area contributed by atoms with Crippen LogP contribution in [0, 0.1) is 13.8 Å². The van der Waals surface area contributed by atoms with Gasteiger partial charge >= 0.3 is 0 Å². The first-order valence-electron chi connectivity index (χ1n) is 9.05. The highest BCUT2D eigenvalue weighted by Crippen LogP contribution is 2.27. The van der Waals surface area contributed by atoms with Crippen molar-refractivity contribution in [3.63, 3.8) is 0 Å². The molecule has 9 heteroatoms. The first-order valence-corrected chi connectivity index (χ1v) is 9.05. The Hall–Kier alpha value is -3.62. The second kappa shape index (κ2) is 8.59. The number of benzene rings is 1. The van der Waals surface area contributed by atoms with E-state index in [4.69, 9.17) is 9.47 Å². The zero-order chi connectivity index (χ0) is 21.0. The van der Waals surface area contributed by atoms with E-state index in [0.29, 0.717) is 22.9 Å². The fourth-order valence-electron chi connectivity index (χ4n) is 3.01. The van der Waals surface area contributed by atoms with Crippen molar-refractivity contribution in [2.75, 3.05) is 20.8 Å². The van der Waals surface area contributed by atoms with Crippen LogP contribution in [0.2, 0.25) is 0 Å². The topological polar surface area (TPSA) is 100 Å². The highest BCUT2D eigenvalue weighted by Gasteiger charge is 2.17. The van der Waals surface area contributed by atoms with Crippen LogP contribution in [0.15, 0.2) is 41.2 Å². The van der Waals surface area contributed by atoms with Gasteiger partial charge in [0.05, 0.1) is 26.5 Å². The number of ether oxygens (including phenoxy) is 2. The summed E-state index contributed by atoms with van der Waals surface area (Å²) >= 11 is 0. The van der Waals surface area contributed by atoms with Crippen LogP contribution in [0.25, 0.3) is 5.82 Å². The van der Waals surface area contributed by atoms with E-state index < -0.39 is 0 Å². The Morgan fingerprint density at radius 1 is 1.07 bits per heavy atom. The van der Waals surface area contributed by atoms with E-state index in [1.165, 1.54) is 25.0 Å². The zero-order valence-electron chi connectivity index (χ0n) is 16.8. The molecule has 0 aliphatic carbocycles. The second-order valence-electron chi connectivity index (χ2n) is 6.39. The van der Waals surface area contributed by atoms with Crippen molar-refractivity contribution in [2.24, 2.45) is 0 Å². The average Bonchev–Trinajstić information content (AvgIpc) is 3.06. The van der Waals surface area contributed by atoms with Crippen molar-refractivity contribution in [1.82, 2.24) is 24.9 Å². The summed E-state index contributed by atoms with van der Waals surface area (Å²) in [5, 5.41) is 11.5. The Labute approximate surface area is 167 Å². The van der Waals surface area contributed by atoms with Crippen molar-refractivity contribution in [2.45, 2.75) is 20.4 Å². The second-order valence-corrected chi connectivity index (χ2v) is 6.39. The molecule has 3 aromatic rings. The standard InChI is InChI=1S/C20H23N5O4/c1-13-12-14(2)25(22-13)17-8-9-18(26)24(23-17)11-10-21-20(27)19-15(28-3)6-5-7-16(19)29-4/h5-9,12H,10-11H2,1-4H3,(H,21,27). The molecule has 1 aromatic carbocycles. The van der Waals surface area contributed by atoms with Gasteiger partial charge in [-0.2, -0.15) is 5.10 Å². The van der Waals surface area contributed by atoms with Crippen molar-refractivity contribution in [3.8, 4) is 17.3 Å². The van der Waals surface area contributed by atoms with Crippen LogP contribution in [0.5, 0.6) is 11.5 Å². The van der Waals surface area contributed by atoms with Crippen molar-refractivity contribution >= 4 is 5.91 Å². The molecular formula is C20H23N5O4. The third-order valence-electron chi connectivity index (χ3n) is 4.34. The Morgan fingerprint density at radius 2 is 1.76 bits per heavy atom. The lowest BCUT2D eigenvalue weighted by Gasteiger charge is -2.13. The predicted octanol–water partition coefficient (Wildman–Crippen LogP) is 1.49. The Kier molecular flexibility index (Phi) is 5.96. The molecule has 1 amide bonds. The number of aromatic nitrogens is 4. The number of hydrogen-bond acceptors (Lipinski definition) is 6. The van der Waals surface area contributed by atoms with Crippen LogP contribution in [0.4, 0.5) is 0 Å². The van der Waals surface area contributed by atoms with Crippen molar-refractivity contribution < 1.29 is 14.3 Å². The van der Waals surface area contributed by atoms with Crippen LogP contribution in [0.3, 0.4) is 0 Å². The number of aryl methyl sites for hydroxylation is 2. The molecule has 2 heterocycles. The average molecular weight is 397 g/mol. The van der Waals surface area contributed by atoms with Gasteiger partial charge in [-0.15, -0.1) is 5.10 Å². The van der Waals surface area contributed by atoms with Crippen LogP contribution >= 0.6 is 0 Å². The van der Waals surface area contributed by atoms with Gasteiger partial charge in [-0.05, 0) is 38.1 Å². The van der Waals surface area contributed by atoms with E-state index in [2.05, 4.69) is 15.5 Å². The fourth-order valence-corrected chi connectivity index (χ4v) is 3.01. The highest BCUT2D eigenvalue weighted by atomic mass is 16.5. The minimum Gasteiger partial charge on any atom is -0.496 e. The number of nitrogens with zero attached hydrogens (tertiary/aromatic N) is 4. The number of hydrogen-bond donors (Lipinski definition) is 1. The number of rotatable bonds is 7. The van der Waals surface area contributed by atoms with Crippen molar-refractivity contribution in [3.05, 3.63) is 63.7 Å². The minimum absolute atomic E-state index is 0.202. The van der Waals surface area contributed by atoms with E-state index in [1.54, 1.807) is 28.9 Å². The fraction of sp³-hybridized carbons (Fsp3) is 0.300. The first kappa shape index (κ1) is 20.1. The van der Waals surface area contributed by atoms with Crippen LogP contribution in [-0.2, 0) is 6.54 Å². The Bertz CT molecular complexity index is 1060. The Morgan fingerprint density at radius 3 is 2.34 bits per heavy atom. The molecule has 0 saturated carbocycles. The largest absolute Gasteiger partial charge is 0.496 e. The molecule has 0 bridgehead atoms. The maximum Gasteiger partial charge on any atom is 0.266 e.